The van der Waals surface area contributed by atoms with E-state index < -0.39 is 11.1 Å². The van der Waals surface area contributed by atoms with Crippen molar-refractivity contribution in [3.63, 3.8) is 0 Å². The van der Waals surface area contributed by atoms with Crippen LogP contribution in [-0.2, 0) is 0 Å². The molecule has 4 nitrogen and oxygen atoms in total. The van der Waals surface area contributed by atoms with E-state index in [2.05, 4.69) is 36.8 Å². The largest absolute Gasteiger partial charge is 0.236 e. The van der Waals surface area contributed by atoms with Crippen LogP contribution in [-0.4, -0.2) is 11.1 Å². The fourth-order valence-electron chi connectivity index (χ4n) is 1.63. The lowest BCUT2D eigenvalue weighted by Gasteiger charge is -2.30. The van der Waals surface area contributed by atoms with Gasteiger partial charge in [-0.2, -0.15) is 10.5 Å². The van der Waals surface area contributed by atoms with Gasteiger partial charge >= 0.3 is 0 Å². The molecule has 0 rings (SSSR count). The summed E-state index contributed by atoms with van der Waals surface area (Å²) in [6.45, 7) is 7.94. The molecule has 0 aliphatic rings. The zero-order chi connectivity index (χ0) is 14.1. The Kier molecular flexibility index (Phi) is 7.59. The maximum Gasteiger partial charge on any atom is 0.116 e. The van der Waals surface area contributed by atoms with Crippen molar-refractivity contribution in [1.82, 2.24) is 10.9 Å². The highest BCUT2D eigenvalue weighted by molar-refractivity contribution is 5.07. The minimum absolute atomic E-state index is 0.611. The number of rotatable bonds is 9. The van der Waals surface area contributed by atoms with Gasteiger partial charge in [0.1, 0.15) is 11.1 Å². The number of hydrogen-bond acceptors (Lipinski definition) is 4. The van der Waals surface area contributed by atoms with E-state index in [0.717, 1.165) is 38.5 Å². The van der Waals surface area contributed by atoms with E-state index in [4.69, 9.17) is 0 Å². The van der Waals surface area contributed by atoms with Crippen LogP contribution in [0.3, 0.4) is 0 Å². The lowest BCUT2D eigenvalue weighted by molar-refractivity contribution is 0.271. The predicted molar refractivity (Wildman–Crippen MR) is 73.4 cm³/mol. The predicted octanol–water partition coefficient (Wildman–Crippen LogP) is 3.03. The standard InChI is InChI=1S/C14H26N4/c1-5-7-9-13(3,11-15)17-18-14(4,12-16)10-8-6-2/h17-18H,5-10H2,1-4H3. The molecule has 0 heterocycles. The number of nitriles is 2. The molecule has 4 heteroatoms. The Balaban J connectivity index is 4.41. The van der Waals surface area contributed by atoms with Gasteiger partial charge < -0.3 is 0 Å². The summed E-state index contributed by atoms with van der Waals surface area (Å²) < 4.78 is 0. The molecule has 0 aliphatic carbocycles. The van der Waals surface area contributed by atoms with Crippen molar-refractivity contribution in [3.05, 3.63) is 0 Å². The van der Waals surface area contributed by atoms with Gasteiger partial charge in [-0.15, -0.1) is 0 Å². The van der Waals surface area contributed by atoms with Crippen LogP contribution < -0.4 is 10.9 Å². The fraction of sp³-hybridized carbons (Fsp3) is 0.857. The number of nitrogens with one attached hydrogen (secondary N) is 2. The zero-order valence-electron chi connectivity index (χ0n) is 12.1. The first-order valence-corrected chi connectivity index (χ1v) is 6.82. The topological polar surface area (TPSA) is 71.6 Å². The van der Waals surface area contributed by atoms with Gasteiger partial charge in [0.05, 0.1) is 12.1 Å². The second-order valence-electron chi connectivity index (χ2n) is 5.34. The van der Waals surface area contributed by atoms with Gasteiger partial charge in [-0.25, -0.2) is 10.9 Å². The van der Waals surface area contributed by atoms with Gasteiger partial charge in [0.25, 0.3) is 0 Å². The molecule has 2 atom stereocenters. The van der Waals surface area contributed by atoms with Crippen LogP contribution in [0, 0.1) is 22.7 Å². The molecule has 2 unspecified atom stereocenters. The van der Waals surface area contributed by atoms with Crippen molar-refractivity contribution < 1.29 is 0 Å². The molecular formula is C14H26N4. The van der Waals surface area contributed by atoms with Gasteiger partial charge in [-0.3, -0.25) is 0 Å². The molecule has 0 amide bonds. The summed E-state index contributed by atoms with van der Waals surface area (Å²) in [6.07, 6.45) is 5.67. The summed E-state index contributed by atoms with van der Waals surface area (Å²) in [5.41, 5.74) is 4.87. The Morgan fingerprint density at radius 3 is 1.39 bits per heavy atom. The van der Waals surface area contributed by atoms with E-state index in [1.165, 1.54) is 0 Å². The van der Waals surface area contributed by atoms with Crippen LogP contribution in [0.1, 0.15) is 66.2 Å². The molecule has 0 aromatic rings. The minimum Gasteiger partial charge on any atom is -0.236 e. The number of unbranched alkanes of at least 4 members (excludes halogenated alkanes) is 2. The molecular weight excluding hydrogens is 224 g/mol. The van der Waals surface area contributed by atoms with Gasteiger partial charge in [0.15, 0.2) is 0 Å². The number of hydrazine groups is 1. The molecule has 0 spiro atoms. The normalized spacial score (nSPS) is 17.2. The van der Waals surface area contributed by atoms with E-state index in [0.29, 0.717) is 0 Å². The van der Waals surface area contributed by atoms with Crippen molar-refractivity contribution in [2.45, 2.75) is 77.3 Å². The van der Waals surface area contributed by atoms with Crippen LogP contribution >= 0.6 is 0 Å². The Bertz CT molecular complexity index is 283. The van der Waals surface area contributed by atoms with E-state index in [-0.39, 0.29) is 0 Å². The molecule has 0 saturated carbocycles. The van der Waals surface area contributed by atoms with Crippen molar-refractivity contribution >= 4 is 0 Å². The monoisotopic (exact) mass is 250 g/mol. The summed E-state index contributed by atoms with van der Waals surface area (Å²) in [6, 6.07) is 4.57. The van der Waals surface area contributed by atoms with Crippen LogP contribution in [0.4, 0.5) is 0 Å². The molecule has 0 aliphatic heterocycles. The lowest BCUT2D eigenvalue weighted by atomic mass is 9.95. The second kappa shape index (κ2) is 8.08. The third-order valence-corrected chi connectivity index (χ3v) is 3.17. The van der Waals surface area contributed by atoms with Crippen molar-refractivity contribution in [1.29, 1.82) is 10.5 Å². The van der Waals surface area contributed by atoms with Crippen molar-refractivity contribution in [2.24, 2.45) is 0 Å². The van der Waals surface area contributed by atoms with Crippen LogP contribution in [0.5, 0.6) is 0 Å². The molecule has 2 N–H and O–H groups in total. The van der Waals surface area contributed by atoms with Gasteiger partial charge in [0, 0.05) is 0 Å². The molecule has 102 valence electrons. The third kappa shape index (κ3) is 6.00. The molecule has 18 heavy (non-hydrogen) atoms. The highest BCUT2D eigenvalue weighted by atomic mass is 15.4. The van der Waals surface area contributed by atoms with E-state index in [1.807, 2.05) is 13.8 Å². The maximum absolute atomic E-state index is 9.22. The third-order valence-electron chi connectivity index (χ3n) is 3.17. The first-order valence-electron chi connectivity index (χ1n) is 6.82. The highest BCUT2D eigenvalue weighted by Crippen LogP contribution is 2.15. The molecule has 0 aromatic carbocycles. The van der Waals surface area contributed by atoms with Gasteiger partial charge in [-0.05, 0) is 26.7 Å². The first-order chi connectivity index (χ1) is 8.45. The van der Waals surface area contributed by atoms with E-state index >= 15 is 0 Å². The summed E-state index contributed by atoms with van der Waals surface area (Å²) in [5.74, 6) is 0. The molecule has 0 bridgehead atoms. The van der Waals surface area contributed by atoms with E-state index in [9.17, 15) is 10.5 Å². The highest BCUT2D eigenvalue weighted by Gasteiger charge is 2.28. The lowest BCUT2D eigenvalue weighted by Crippen LogP contribution is -2.57. The Labute approximate surface area is 111 Å². The molecule has 0 saturated heterocycles. The van der Waals surface area contributed by atoms with Crippen LogP contribution in [0.15, 0.2) is 0 Å². The minimum atomic E-state index is -0.611. The molecule has 0 radical (unpaired) electrons. The van der Waals surface area contributed by atoms with Crippen LogP contribution in [0.2, 0.25) is 0 Å². The molecule has 0 fully saturated rings. The van der Waals surface area contributed by atoms with E-state index in [1.54, 1.807) is 0 Å². The zero-order valence-corrected chi connectivity index (χ0v) is 12.1. The van der Waals surface area contributed by atoms with Gasteiger partial charge in [-0.1, -0.05) is 39.5 Å². The average Bonchev–Trinajstić information content (AvgIpc) is 2.40. The fourth-order valence-corrected chi connectivity index (χ4v) is 1.63. The quantitative estimate of drug-likeness (QED) is 0.617. The van der Waals surface area contributed by atoms with Gasteiger partial charge in [0.2, 0.25) is 0 Å². The maximum atomic E-state index is 9.22. The smallest absolute Gasteiger partial charge is 0.116 e. The number of hydrogen-bond donors (Lipinski definition) is 2. The summed E-state index contributed by atoms with van der Waals surface area (Å²) in [5, 5.41) is 18.4. The Morgan fingerprint density at radius 2 is 1.17 bits per heavy atom. The summed E-state index contributed by atoms with van der Waals surface area (Å²) in [7, 11) is 0. The van der Waals surface area contributed by atoms with Crippen LogP contribution in [0.25, 0.3) is 0 Å². The number of nitrogens with zero attached hydrogens (tertiary/aromatic N) is 2. The summed E-state index contributed by atoms with van der Waals surface area (Å²) >= 11 is 0. The second-order valence-corrected chi connectivity index (χ2v) is 5.34. The van der Waals surface area contributed by atoms with Crippen molar-refractivity contribution in [2.75, 3.05) is 0 Å². The van der Waals surface area contributed by atoms with Crippen molar-refractivity contribution in [3.8, 4) is 12.1 Å². The first kappa shape index (κ1) is 16.9. The Morgan fingerprint density at radius 1 is 0.833 bits per heavy atom. The molecule has 0 aromatic heterocycles. The Hall–Kier alpha value is -1.10. The summed E-state index contributed by atoms with van der Waals surface area (Å²) in [4.78, 5) is 0. The SMILES string of the molecule is CCCCC(C)(C#N)NNC(C)(C#N)CCCC. The average molecular weight is 250 g/mol.